The minimum absolute atomic E-state index is 0.0279. The highest BCUT2D eigenvalue weighted by molar-refractivity contribution is 7.81. The minimum Gasteiger partial charge on any atom is -0.355 e. The number of thiol groups is 1. The molecule has 106 valence electrons. The second kappa shape index (κ2) is 7.72. The summed E-state index contributed by atoms with van der Waals surface area (Å²) in [7, 11) is 0. The Morgan fingerprint density at radius 1 is 1.25 bits per heavy atom. The fourth-order valence-electron chi connectivity index (χ4n) is 1.84. The highest BCUT2D eigenvalue weighted by Crippen LogP contribution is 2.21. The smallest absolute Gasteiger partial charge is 0.233 e. The maximum absolute atomic E-state index is 11.9. The molecule has 20 heavy (non-hydrogen) atoms. The third-order valence-corrected chi connectivity index (χ3v) is 4.58. The molecular formula is C15H16ClNOS2. The lowest BCUT2D eigenvalue weighted by Gasteiger charge is -2.11. The second-order valence-corrected chi connectivity index (χ2v) is 6.88. The van der Waals surface area contributed by atoms with E-state index in [1.54, 1.807) is 11.3 Å². The summed E-state index contributed by atoms with van der Waals surface area (Å²) in [6, 6.07) is 13.8. The van der Waals surface area contributed by atoms with Gasteiger partial charge in [-0.05, 0) is 30.5 Å². The van der Waals surface area contributed by atoms with E-state index in [0.29, 0.717) is 13.0 Å². The van der Waals surface area contributed by atoms with Crippen molar-refractivity contribution in [3.63, 3.8) is 0 Å². The van der Waals surface area contributed by atoms with Gasteiger partial charge in [-0.2, -0.15) is 12.6 Å². The van der Waals surface area contributed by atoms with Gasteiger partial charge in [0.1, 0.15) is 0 Å². The van der Waals surface area contributed by atoms with Crippen molar-refractivity contribution in [2.75, 3.05) is 6.54 Å². The topological polar surface area (TPSA) is 29.1 Å². The number of rotatable bonds is 6. The molecule has 2 rings (SSSR count). The SMILES string of the molecule is O=C(NCCc1ccc(Cl)s1)C(S)Cc1ccccc1. The number of benzene rings is 1. The molecule has 0 saturated heterocycles. The Morgan fingerprint density at radius 3 is 2.65 bits per heavy atom. The number of hydrogen-bond donors (Lipinski definition) is 2. The van der Waals surface area contributed by atoms with Gasteiger partial charge < -0.3 is 5.32 Å². The highest BCUT2D eigenvalue weighted by atomic mass is 35.5. The lowest BCUT2D eigenvalue weighted by Crippen LogP contribution is -2.34. The van der Waals surface area contributed by atoms with Gasteiger partial charge in [0, 0.05) is 11.4 Å². The van der Waals surface area contributed by atoms with Crippen LogP contribution < -0.4 is 5.32 Å². The number of carbonyl (C=O) groups excluding carboxylic acids is 1. The first-order valence-corrected chi connectivity index (χ1v) is 8.10. The van der Waals surface area contributed by atoms with Gasteiger partial charge in [-0.1, -0.05) is 41.9 Å². The zero-order valence-electron chi connectivity index (χ0n) is 10.9. The van der Waals surface area contributed by atoms with Gasteiger partial charge in [0.25, 0.3) is 0 Å². The molecule has 1 heterocycles. The van der Waals surface area contributed by atoms with Crippen LogP contribution in [0.25, 0.3) is 0 Å². The predicted octanol–water partition coefficient (Wildman–Crippen LogP) is 3.60. The predicted molar refractivity (Wildman–Crippen MR) is 89.0 cm³/mol. The van der Waals surface area contributed by atoms with E-state index in [1.165, 1.54) is 4.88 Å². The van der Waals surface area contributed by atoms with Crippen molar-refractivity contribution >= 4 is 41.5 Å². The zero-order chi connectivity index (χ0) is 14.4. The number of hydrogen-bond acceptors (Lipinski definition) is 3. The number of nitrogens with one attached hydrogen (secondary N) is 1. The molecule has 2 nitrogen and oxygen atoms in total. The first-order valence-electron chi connectivity index (χ1n) is 6.39. The van der Waals surface area contributed by atoms with Crippen LogP contribution >= 0.6 is 35.6 Å². The maximum atomic E-state index is 11.9. The Bertz CT molecular complexity index is 556. The quantitative estimate of drug-likeness (QED) is 0.781. The van der Waals surface area contributed by atoms with Crippen molar-refractivity contribution in [1.29, 1.82) is 0 Å². The molecule has 1 amide bonds. The minimum atomic E-state index is -0.315. The molecule has 0 fully saturated rings. The summed E-state index contributed by atoms with van der Waals surface area (Å²) in [5, 5.41) is 2.59. The van der Waals surface area contributed by atoms with E-state index in [4.69, 9.17) is 11.6 Å². The lowest BCUT2D eigenvalue weighted by atomic mass is 10.1. The van der Waals surface area contributed by atoms with Crippen LogP contribution in [0.5, 0.6) is 0 Å². The molecule has 1 unspecified atom stereocenters. The molecule has 1 aromatic carbocycles. The van der Waals surface area contributed by atoms with Crippen LogP contribution in [0.2, 0.25) is 4.34 Å². The first kappa shape index (κ1) is 15.4. The summed E-state index contributed by atoms with van der Waals surface area (Å²) in [4.78, 5) is 13.1. The van der Waals surface area contributed by atoms with E-state index in [1.807, 2.05) is 42.5 Å². The summed E-state index contributed by atoms with van der Waals surface area (Å²) in [5.41, 5.74) is 1.12. The Kier molecular flexibility index (Phi) is 5.95. The van der Waals surface area contributed by atoms with Crippen LogP contribution in [0.3, 0.4) is 0 Å². The number of halogens is 1. The lowest BCUT2D eigenvalue weighted by molar-refractivity contribution is -0.120. The fourth-order valence-corrected chi connectivity index (χ4v) is 3.23. The normalized spacial score (nSPS) is 12.1. The van der Waals surface area contributed by atoms with E-state index in [-0.39, 0.29) is 11.2 Å². The van der Waals surface area contributed by atoms with Crippen LogP contribution in [0.1, 0.15) is 10.4 Å². The molecule has 5 heteroatoms. The van der Waals surface area contributed by atoms with E-state index < -0.39 is 0 Å². The Hall–Kier alpha value is -0.970. The van der Waals surface area contributed by atoms with Gasteiger partial charge in [-0.25, -0.2) is 0 Å². The van der Waals surface area contributed by atoms with Crippen LogP contribution in [0, 0.1) is 0 Å². The molecule has 0 saturated carbocycles. The molecule has 2 aromatic rings. The van der Waals surface area contributed by atoms with Gasteiger partial charge in [0.2, 0.25) is 5.91 Å². The van der Waals surface area contributed by atoms with E-state index in [9.17, 15) is 4.79 Å². The molecule has 0 radical (unpaired) electrons. The van der Waals surface area contributed by atoms with Crippen molar-refractivity contribution in [2.24, 2.45) is 0 Å². The van der Waals surface area contributed by atoms with E-state index >= 15 is 0 Å². The molecule has 0 bridgehead atoms. The molecule has 0 spiro atoms. The molecular weight excluding hydrogens is 310 g/mol. The number of amides is 1. The van der Waals surface area contributed by atoms with Crippen molar-refractivity contribution in [2.45, 2.75) is 18.1 Å². The third kappa shape index (κ3) is 4.85. The summed E-state index contributed by atoms with van der Waals surface area (Å²) in [6.07, 6.45) is 1.44. The third-order valence-electron chi connectivity index (χ3n) is 2.87. The molecule has 0 aliphatic carbocycles. The van der Waals surface area contributed by atoms with Crippen molar-refractivity contribution in [1.82, 2.24) is 5.32 Å². The highest BCUT2D eigenvalue weighted by Gasteiger charge is 2.13. The summed E-state index contributed by atoms with van der Waals surface area (Å²) in [5.74, 6) is -0.0279. The van der Waals surface area contributed by atoms with Crippen molar-refractivity contribution in [3.05, 3.63) is 57.2 Å². The number of carbonyl (C=O) groups is 1. The summed E-state index contributed by atoms with van der Waals surface area (Å²) >= 11 is 11.8. The van der Waals surface area contributed by atoms with Gasteiger partial charge in [-0.3, -0.25) is 4.79 Å². The fraction of sp³-hybridized carbons (Fsp3) is 0.267. The van der Waals surface area contributed by atoms with Gasteiger partial charge in [-0.15, -0.1) is 11.3 Å². The summed E-state index contributed by atoms with van der Waals surface area (Å²) in [6.45, 7) is 0.613. The second-order valence-electron chi connectivity index (χ2n) is 4.45. The zero-order valence-corrected chi connectivity index (χ0v) is 13.3. The summed E-state index contributed by atoms with van der Waals surface area (Å²) < 4.78 is 0.780. The standard InChI is InChI=1S/C15H16ClNOS2/c16-14-7-6-12(20-14)8-9-17-15(18)13(19)10-11-4-2-1-3-5-11/h1-7,13,19H,8-10H2,(H,17,18). The Balaban J connectivity index is 1.74. The van der Waals surface area contributed by atoms with Crippen LogP contribution in [-0.2, 0) is 17.6 Å². The van der Waals surface area contributed by atoms with Gasteiger partial charge >= 0.3 is 0 Å². The van der Waals surface area contributed by atoms with Crippen molar-refractivity contribution < 1.29 is 4.79 Å². The first-order chi connectivity index (χ1) is 9.65. The molecule has 0 aliphatic rings. The van der Waals surface area contributed by atoms with Crippen molar-refractivity contribution in [3.8, 4) is 0 Å². The van der Waals surface area contributed by atoms with E-state index in [2.05, 4.69) is 17.9 Å². The van der Waals surface area contributed by atoms with Crippen LogP contribution in [-0.4, -0.2) is 17.7 Å². The van der Waals surface area contributed by atoms with Crippen LogP contribution in [0.4, 0.5) is 0 Å². The number of thiophene rings is 1. The Morgan fingerprint density at radius 2 is 2.00 bits per heavy atom. The molecule has 0 aliphatic heterocycles. The Labute approximate surface area is 133 Å². The van der Waals surface area contributed by atoms with E-state index in [0.717, 1.165) is 16.3 Å². The van der Waals surface area contributed by atoms with Crippen LogP contribution in [0.15, 0.2) is 42.5 Å². The largest absolute Gasteiger partial charge is 0.355 e. The average Bonchev–Trinajstić information content (AvgIpc) is 2.85. The molecule has 1 atom stereocenters. The monoisotopic (exact) mass is 325 g/mol. The van der Waals surface area contributed by atoms with Gasteiger partial charge in [0.15, 0.2) is 0 Å². The average molecular weight is 326 g/mol. The molecule has 1 N–H and O–H groups in total. The molecule has 1 aromatic heterocycles. The van der Waals surface area contributed by atoms with Gasteiger partial charge in [0.05, 0.1) is 9.59 Å². The maximum Gasteiger partial charge on any atom is 0.233 e.